The van der Waals surface area contributed by atoms with E-state index in [9.17, 15) is 13.4 Å². The highest BCUT2D eigenvalue weighted by atomic mass is 32.2. The molecule has 1 saturated heterocycles. The van der Waals surface area contributed by atoms with Crippen LogP contribution in [0, 0.1) is 5.82 Å². The number of Topliss-reactive ketones (excluding diaryl/α,β-unsaturated/α-hetero) is 1. The van der Waals surface area contributed by atoms with Crippen LogP contribution >= 0.6 is 0 Å². The molecule has 2 heterocycles. The molecule has 5 heteroatoms. The number of halogens is 1. The van der Waals surface area contributed by atoms with E-state index in [2.05, 4.69) is 0 Å². The number of ether oxygens (including phenoxy) is 1. The number of fused-ring (bicyclic) bond motifs is 1. The van der Waals surface area contributed by atoms with Crippen molar-refractivity contribution in [1.82, 2.24) is 0 Å². The van der Waals surface area contributed by atoms with Crippen LogP contribution in [0.2, 0.25) is 0 Å². The van der Waals surface area contributed by atoms with Gasteiger partial charge in [-0.15, -0.1) is 0 Å². The highest BCUT2D eigenvalue weighted by Gasteiger charge is 2.71. The van der Waals surface area contributed by atoms with Crippen LogP contribution in [-0.4, -0.2) is 15.6 Å². The monoisotopic (exact) mass is 378 g/mol. The Morgan fingerprint density at radius 3 is 2.26 bits per heavy atom. The maximum atomic E-state index is 13.5. The Balaban J connectivity index is 1.69. The summed E-state index contributed by atoms with van der Waals surface area (Å²) in [5.74, 6) is -0.516. The van der Waals surface area contributed by atoms with Crippen LogP contribution < -0.4 is 0 Å². The molecule has 2 aliphatic heterocycles. The molecule has 0 radical (unpaired) electrons. The zero-order valence-corrected chi connectivity index (χ0v) is 15.0. The molecule has 1 fully saturated rings. The van der Waals surface area contributed by atoms with E-state index in [1.54, 1.807) is 36.4 Å². The van der Waals surface area contributed by atoms with Gasteiger partial charge >= 0.3 is 0 Å². The second-order valence-electron chi connectivity index (χ2n) is 6.76. The van der Waals surface area contributed by atoms with Gasteiger partial charge in [-0.05, 0) is 29.3 Å². The lowest BCUT2D eigenvalue weighted by molar-refractivity contribution is 0.0859. The van der Waals surface area contributed by atoms with Gasteiger partial charge in [-0.3, -0.25) is 9.00 Å². The van der Waals surface area contributed by atoms with Gasteiger partial charge in [-0.2, -0.15) is 0 Å². The Kier molecular flexibility index (Phi) is 3.64. The molecule has 4 atom stereocenters. The fourth-order valence-electron chi connectivity index (χ4n) is 3.93. The van der Waals surface area contributed by atoms with E-state index in [0.717, 1.165) is 5.56 Å². The molecule has 3 aromatic carbocycles. The Bertz CT molecular complexity index is 1060. The summed E-state index contributed by atoms with van der Waals surface area (Å²) in [6.07, 6.45) is -0.548. The lowest BCUT2D eigenvalue weighted by atomic mass is 9.85. The summed E-state index contributed by atoms with van der Waals surface area (Å²) in [6, 6.07) is 22.3. The van der Waals surface area contributed by atoms with Crippen molar-refractivity contribution in [2.24, 2.45) is 0 Å². The Morgan fingerprint density at radius 1 is 0.852 bits per heavy atom. The first-order valence-corrected chi connectivity index (χ1v) is 9.87. The molecule has 3 aromatic rings. The predicted molar refractivity (Wildman–Crippen MR) is 99.3 cm³/mol. The molecule has 5 rings (SSSR count). The number of hydrogen-bond acceptors (Lipinski definition) is 3. The molecular formula is C22H15FO3S. The minimum atomic E-state index is -1.45. The van der Waals surface area contributed by atoms with Crippen LogP contribution in [0.25, 0.3) is 0 Å². The zero-order valence-electron chi connectivity index (χ0n) is 14.2. The standard InChI is InChI=1S/C22H15FO3S/c23-16-12-10-14(11-13-16)20-22(26-20)19(24)17-8-4-5-9-18(17)27(25)21(22)15-6-2-1-3-7-15/h1-13,20-21H/t20-,21+,22-,27?/m1/s1. The average molecular weight is 378 g/mol. The second-order valence-corrected chi connectivity index (χ2v) is 8.26. The van der Waals surface area contributed by atoms with Crippen LogP contribution in [0.5, 0.6) is 0 Å². The van der Waals surface area contributed by atoms with Crippen LogP contribution in [0.1, 0.15) is 32.8 Å². The van der Waals surface area contributed by atoms with E-state index in [4.69, 9.17) is 4.74 Å². The highest BCUT2D eigenvalue weighted by molar-refractivity contribution is 7.85. The number of epoxide rings is 1. The van der Waals surface area contributed by atoms with E-state index in [-0.39, 0.29) is 11.6 Å². The maximum Gasteiger partial charge on any atom is 0.200 e. The largest absolute Gasteiger partial charge is 0.350 e. The van der Waals surface area contributed by atoms with Crippen molar-refractivity contribution in [3.8, 4) is 0 Å². The number of benzene rings is 3. The van der Waals surface area contributed by atoms with E-state index >= 15 is 0 Å². The van der Waals surface area contributed by atoms with Gasteiger partial charge in [0.05, 0.1) is 15.7 Å². The molecule has 0 aliphatic carbocycles. The van der Waals surface area contributed by atoms with E-state index in [1.165, 1.54) is 12.1 Å². The lowest BCUT2D eigenvalue weighted by Crippen LogP contribution is -2.40. The molecule has 0 amide bonds. The summed E-state index contributed by atoms with van der Waals surface area (Å²) in [4.78, 5) is 14.0. The molecule has 0 saturated carbocycles. The quantitative estimate of drug-likeness (QED) is 0.622. The molecule has 1 spiro atoms. The summed E-state index contributed by atoms with van der Waals surface area (Å²) >= 11 is 0. The first-order chi connectivity index (χ1) is 13.1. The fourth-order valence-corrected chi connectivity index (χ4v) is 5.78. The van der Waals surface area contributed by atoms with Gasteiger partial charge in [-0.1, -0.05) is 60.7 Å². The van der Waals surface area contributed by atoms with Crippen molar-refractivity contribution >= 4 is 16.6 Å². The first kappa shape index (κ1) is 16.5. The molecule has 0 bridgehead atoms. The van der Waals surface area contributed by atoms with Crippen molar-refractivity contribution in [2.75, 3.05) is 0 Å². The van der Waals surface area contributed by atoms with Crippen LogP contribution in [0.3, 0.4) is 0 Å². The topological polar surface area (TPSA) is 46.7 Å². The molecule has 0 N–H and O–H groups in total. The van der Waals surface area contributed by atoms with Crippen molar-refractivity contribution < 1.29 is 18.1 Å². The van der Waals surface area contributed by atoms with Gasteiger partial charge in [0.1, 0.15) is 17.2 Å². The average Bonchev–Trinajstić information content (AvgIpc) is 3.44. The third-order valence-corrected chi connectivity index (χ3v) is 7.07. The van der Waals surface area contributed by atoms with Crippen LogP contribution in [0.15, 0.2) is 83.8 Å². The van der Waals surface area contributed by atoms with Gasteiger partial charge in [0.25, 0.3) is 0 Å². The van der Waals surface area contributed by atoms with E-state index < -0.39 is 27.8 Å². The summed E-state index contributed by atoms with van der Waals surface area (Å²) < 4.78 is 32.8. The van der Waals surface area contributed by atoms with Gasteiger partial charge in [0.2, 0.25) is 5.78 Å². The van der Waals surface area contributed by atoms with Gasteiger partial charge < -0.3 is 4.74 Å². The van der Waals surface area contributed by atoms with Gasteiger partial charge in [-0.25, -0.2) is 4.39 Å². The first-order valence-electron chi connectivity index (χ1n) is 8.65. The van der Waals surface area contributed by atoms with Crippen molar-refractivity contribution in [2.45, 2.75) is 21.9 Å². The number of rotatable bonds is 2. The van der Waals surface area contributed by atoms with Gasteiger partial charge in [0, 0.05) is 5.56 Å². The molecule has 3 nitrogen and oxygen atoms in total. The molecule has 134 valence electrons. The van der Waals surface area contributed by atoms with Crippen molar-refractivity contribution in [1.29, 1.82) is 0 Å². The number of ketones is 1. The number of carbonyl (C=O) groups excluding carboxylic acids is 1. The van der Waals surface area contributed by atoms with Crippen LogP contribution in [0.4, 0.5) is 4.39 Å². The maximum absolute atomic E-state index is 13.5. The summed E-state index contributed by atoms with van der Waals surface area (Å²) in [5, 5.41) is -0.615. The zero-order chi connectivity index (χ0) is 18.6. The van der Waals surface area contributed by atoms with E-state index in [1.807, 2.05) is 30.3 Å². The highest BCUT2D eigenvalue weighted by Crippen LogP contribution is 2.62. The summed E-state index contributed by atoms with van der Waals surface area (Å²) in [5.41, 5.74) is 0.719. The third kappa shape index (κ3) is 2.35. The summed E-state index contributed by atoms with van der Waals surface area (Å²) in [7, 11) is -1.45. The van der Waals surface area contributed by atoms with Crippen molar-refractivity contribution in [3.63, 3.8) is 0 Å². The van der Waals surface area contributed by atoms with Crippen LogP contribution in [-0.2, 0) is 15.5 Å². The SMILES string of the molecule is O=C1c2ccccc2S(=O)[C@@H](c2ccccc2)[C@@]12O[C@@H]2c1ccc(F)cc1. The smallest absolute Gasteiger partial charge is 0.200 e. The Labute approximate surface area is 158 Å². The fraction of sp³-hybridized carbons (Fsp3) is 0.136. The third-order valence-electron chi connectivity index (χ3n) is 5.23. The molecule has 0 aromatic heterocycles. The minimum Gasteiger partial charge on any atom is -0.350 e. The lowest BCUT2D eigenvalue weighted by Gasteiger charge is -2.30. The Morgan fingerprint density at radius 2 is 1.52 bits per heavy atom. The van der Waals surface area contributed by atoms with Crippen molar-refractivity contribution in [3.05, 3.63) is 101 Å². The molecule has 1 unspecified atom stereocenters. The molecular weight excluding hydrogens is 363 g/mol. The molecule has 2 aliphatic rings. The normalized spacial score (nSPS) is 28.8. The second kappa shape index (κ2) is 5.94. The predicted octanol–water partition coefficient (Wildman–Crippen LogP) is 4.38. The van der Waals surface area contributed by atoms with E-state index in [0.29, 0.717) is 16.0 Å². The minimum absolute atomic E-state index is 0.166. The summed E-state index contributed by atoms with van der Waals surface area (Å²) in [6.45, 7) is 0. The number of hydrogen-bond donors (Lipinski definition) is 0. The Hall–Kier alpha value is -2.63. The number of carbonyl (C=O) groups is 1. The molecule has 27 heavy (non-hydrogen) atoms. The van der Waals surface area contributed by atoms with Gasteiger partial charge in [0.15, 0.2) is 5.60 Å².